The number of hydrogen-bond acceptors (Lipinski definition) is 2. The van der Waals surface area contributed by atoms with Crippen molar-refractivity contribution in [1.29, 1.82) is 0 Å². The van der Waals surface area contributed by atoms with Gasteiger partial charge < -0.3 is 0 Å². The first kappa shape index (κ1) is 10.5. The van der Waals surface area contributed by atoms with Gasteiger partial charge >= 0.3 is 0 Å². The normalized spacial score (nSPS) is 9.50. The van der Waals surface area contributed by atoms with Crippen LogP contribution >= 0.6 is 11.3 Å². The highest BCUT2D eigenvalue weighted by Gasteiger charge is 1.92. The molecule has 0 saturated heterocycles. The molecule has 1 aromatic rings. The molecular weight excluding hydrogens is 192 g/mol. The Bertz CT molecular complexity index is 427. The highest BCUT2D eigenvalue weighted by molar-refractivity contribution is 7.12. The van der Waals surface area contributed by atoms with E-state index in [1.165, 1.54) is 17.0 Å². The van der Waals surface area contributed by atoms with Gasteiger partial charge in [0.15, 0.2) is 0 Å². The summed E-state index contributed by atoms with van der Waals surface area (Å²) in [4.78, 5) is 13.4. The summed E-state index contributed by atoms with van der Waals surface area (Å²) in [5, 5.41) is 0. The summed E-state index contributed by atoms with van der Waals surface area (Å²) in [6.45, 7) is 5.44. The summed E-state index contributed by atoms with van der Waals surface area (Å²) < 4.78 is 0. The predicted octanol–water partition coefficient (Wildman–Crippen LogP) is 2.83. The van der Waals surface area contributed by atoms with Gasteiger partial charge in [-0.2, -0.15) is 0 Å². The molecule has 0 aromatic carbocycles. The second-order valence-corrected chi connectivity index (χ2v) is 3.94. The lowest BCUT2D eigenvalue weighted by molar-refractivity contribution is -0.109. The van der Waals surface area contributed by atoms with Gasteiger partial charge in [0.1, 0.15) is 0 Å². The Morgan fingerprint density at radius 2 is 2.36 bits per heavy atom. The average molecular weight is 202 g/mol. The van der Waals surface area contributed by atoms with Gasteiger partial charge in [0.25, 0.3) is 0 Å². The maximum Gasteiger partial charge on any atom is 0.229 e. The van der Waals surface area contributed by atoms with Crippen LogP contribution in [-0.4, -0.2) is 5.78 Å². The van der Waals surface area contributed by atoms with E-state index in [-0.39, 0.29) is 5.78 Å². The molecule has 0 atom stereocenters. The molecular formula is C12H10OS. The Labute approximate surface area is 87.8 Å². The van der Waals surface area contributed by atoms with E-state index in [0.717, 1.165) is 4.88 Å². The molecule has 0 unspecified atom stereocenters. The van der Waals surface area contributed by atoms with E-state index in [4.69, 9.17) is 0 Å². The third-order valence-corrected chi connectivity index (χ3v) is 2.42. The van der Waals surface area contributed by atoms with Crippen molar-refractivity contribution in [3.8, 4) is 11.8 Å². The van der Waals surface area contributed by atoms with Gasteiger partial charge in [0.2, 0.25) is 5.78 Å². The van der Waals surface area contributed by atoms with E-state index in [9.17, 15) is 4.79 Å². The Hall–Kier alpha value is -1.59. The SMILES string of the molecule is C=CC#CC(=O)C=Cc1ccc(C)s1. The summed E-state index contributed by atoms with van der Waals surface area (Å²) in [6.07, 6.45) is 4.65. The first-order valence-electron chi connectivity index (χ1n) is 4.13. The number of ketones is 1. The Kier molecular flexibility index (Phi) is 3.90. The molecule has 0 aliphatic rings. The maximum atomic E-state index is 11.1. The van der Waals surface area contributed by atoms with Crippen molar-refractivity contribution in [2.45, 2.75) is 6.92 Å². The zero-order valence-corrected chi connectivity index (χ0v) is 8.73. The van der Waals surface area contributed by atoms with Gasteiger partial charge in [0, 0.05) is 9.75 Å². The minimum atomic E-state index is -0.198. The third kappa shape index (κ3) is 3.42. The number of carbonyl (C=O) groups excluding carboxylic acids is 1. The van der Waals surface area contributed by atoms with Crippen molar-refractivity contribution >= 4 is 23.2 Å². The van der Waals surface area contributed by atoms with E-state index in [2.05, 4.69) is 18.4 Å². The van der Waals surface area contributed by atoms with Crippen LogP contribution in [0.15, 0.2) is 30.9 Å². The van der Waals surface area contributed by atoms with Crippen LogP contribution in [0.2, 0.25) is 0 Å². The number of aryl methyl sites for hydroxylation is 1. The number of rotatable bonds is 2. The average Bonchev–Trinajstić information content (AvgIpc) is 2.58. The zero-order chi connectivity index (χ0) is 10.4. The molecule has 14 heavy (non-hydrogen) atoms. The number of carbonyl (C=O) groups is 1. The van der Waals surface area contributed by atoms with E-state index in [0.29, 0.717) is 0 Å². The van der Waals surface area contributed by atoms with Gasteiger partial charge in [-0.05, 0) is 43.2 Å². The quantitative estimate of drug-likeness (QED) is 0.409. The van der Waals surface area contributed by atoms with Crippen molar-refractivity contribution in [2.24, 2.45) is 0 Å². The summed E-state index contributed by atoms with van der Waals surface area (Å²) in [5.41, 5.74) is 0. The van der Waals surface area contributed by atoms with Crippen LogP contribution in [0.25, 0.3) is 6.08 Å². The fraction of sp³-hybridized carbons (Fsp3) is 0.0833. The highest BCUT2D eigenvalue weighted by Crippen LogP contribution is 2.16. The lowest BCUT2D eigenvalue weighted by atomic mass is 10.3. The van der Waals surface area contributed by atoms with E-state index in [1.54, 1.807) is 17.4 Å². The molecule has 0 aliphatic heterocycles. The molecule has 1 nitrogen and oxygen atoms in total. The largest absolute Gasteiger partial charge is 0.280 e. The Balaban J connectivity index is 2.64. The van der Waals surface area contributed by atoms with Gasteiger partial charge in [-0.1, -0.05) is 12.5 Å². The fourth-order valence-electron chi connectivity index (χ4n) is 0.865. The first-order chi connectivity index (χ1) is 6.72. The molecule has 2 heteroatoms. The predicted molar refractivity (Wildman–Crippen MR) is 61.1 cm³/mol. The van der Waals surface area contributed by atoms with Crippen molar-refractivity contribution in [3.63, 3.8) is 0 Å². The Morgan fingerprint density at radius 3 is 2.93 bits per heavy atom. The summed E-state index contributed by atoms with van der Waals surface area (Å²) >= 11 is 1.65. The van der Waals surface area contributed by atoms with Crippen molar-refractivity contribution in [2.75, 3.05) is 0 Å². The first-order valence-corrected chi connectivity index (χ1v) is 4.95. The van der Waals surface area contributed by atoms with Crippen LogP contribution in [0.1, 0.15) is 9.75 Å². The molecule has 0 bridgehead atoms. The highest BCUT2D eigenvalue weighted by atomic mass is 32.1. The van der Waals surface area contributed by atoms with E-state index < -0.39 is 0 Å². The molecule has 0 aliphatic carbocycles. The molecule has 0 N–H and O–H groups in total. The molecule has 1 aromatic heterocycles. The molecule has 1 heterocycles. The second kappa shape index (κ2) is 5.21. The molecule has 70 valence electrons. The second-order valence-electron chi connectivity index (χ2n) is 2.62. The topological polar surface area (TPSA) is 17.1 Å². The van der Waals surface area contributed by atoms with Gasteiger partial charge in [-0.25, -0.2) is 0 Å². The minimum absolute atomic E-state index is 0.198. The minimum Gasteiger partial charge on any atom is -0.280 e. The molecule has 0 radical (unpaired) electrons. The van der Waals surface area contributed by atoms with Crippen molar-refractivity contribution < 1.29 is 4.79 Å². The zero-order valence-electron chi connectivity index (χ0n) is 7.91. The summed E-state index contributed by atoms with van der Waals surface area (Å²) in [6, 6.07) is 3.99. The lowest BCUT2D eigenvalue weighted by Gasteiger charge is -1.80. The summed E-state index contributed by atoms with van der Waals surface area (Å²) in [5.74, 6) is 4.73. The number of hydrogen-bond donors (Lipinski definition) is 0. The van der Waals surface area contributed by atoms with Crippen LogP contribution < -0.4 is 0 Å². The lowest BCUT2D eigenvalue weighted by Crippen LogP contribution is -1.83. The molecule has 0 saturated carbocycles. The van der Waals surface area contributed by atoms with Gasteiger partial charge in [-0.3, -0.25) is 4.79 Å². The maximum absolute atomic E-state index is 11.1. The van der Waals surface area contributed by atoms with Crippen molar-refractivity contribution in [1.82, 2.24) is 0 Å². The smallest absolute Gasteiger partial charge is 0.229 e. The van der Waals surface area contributed by atoms with E-state index >= 15 is 0 Å². The van der Waals surface area contributed by atoms with Gasteiger partial charge in [0.05, 0.1) is 0 Å². The molecule has 0 fully saturated rings. The molecule has 0 spiro atoms. The monoisotopic (exact) mass is 202 g/mol. The molecule has 0 amide bonds. The van der Waals surface area contributed by atoms with Crippen molar-refractivity contribution in [3.05, 3.63) is 40.6 Å². The van der Waals surface area contributed by atoms with E-state index in [1.807, 2.05) is 19.1 Å². The summed E-state index contributed by atoms with van der Waals surface area (Å²) in [7, 11) is 0. The van der Waals surface area contributed by atoms with Gasteiger partial charge in [-0.15, -0.1) is 11.3 Å². The Morgan fingerprint density at radius 1 is 1.57 bits per heavy atom. The van der Waals surface area contributed by atoms with Crippen LogP contribution in [0.4, 0.5) is 0 Å². The third-order valence-electron chi connectivity index (χ3n) is 1.46. The number of thiophene rings is 1. The number of allylic oxidation sites excluding steroid dienone is 2. The van der Waals surface area contributed by atoms with Crippen LogP contribution in [0.5, 0.6) is 0 Å². The molecule has 1 rings (SSSR count). The van der Waals surface area contributed by atoms with Crippen LogP contribution in [0, 0.1) is 18.8 Å². The van der Waals surface area contributed by atoms with Crippen LogP contribution in [-0.2, 0) is 4.79 Å². The standard InChI is InChI=1S/C12H10OS/c1-3-4-5-11(13)7-9-12-8-6-10(2)14-12/h3,6-9H,1H2,2H3. The van der Waals surface area contributed by atoms with Crippen LogP contribution in [0.3, 0.4) is 0 Å². The fourth-order valence-corrected chi connectivity index (χ4v) is 1.64.